The lowest BCUT2D eigenvalue weighted by atomic mass is 9.95. The van der Waals surface area contributed by atoms with Crippen LogP contribution in [0.25, 0.3) is 5.76 Å². The van der Waals surface area contributed by atoms with Gasteiger partial charge in [-0.1, -0.05) is 30.7 Å². The number of carbonyl (C=O) groups excluding carboxylic acids is 2. The molecule has 0 aromatic heterocycles. The van der Waals surface area contributed by atoms with Crippen molar-refractivity contribution in [2.45, 2.75) is 25.8 Å². The third kappa shape index (κ3) is 5.31. The first-order valence-corrected chi connectivity index (χ1v) is 11.1. The summed E-state index contributed by atoms with van der Waals surface area (Å²) >= 11 is 6.05. The number of hydrogen-bond acceptors (Lipinski definition) is 5. The summed E-state index contributed by atoms with van der Waals surface area (Å²) in [4.78, 5) is 29.5. The fourth-order valence-corrected chi connectivity index (χ4v) is 3.87. The number of nitrogens with zero attached hydrogens (tertiary/aromatic N) is 2. The number of carbonyl (C=O) groups is 2. The van der Waals surface area contributed by atoms with Crippen molar-refractivity contribution in [3.05, 3.63) is 70.3 Å². The maximum atomic E-state index is 13.0. The fraction of sp³-hybridized carbons (Fsp3) is 0.360. The van der Waals surface area contributed by atoms with Crippen LogP contribution >= 0.6 is 11.6 Å². The van der Waals surface area contributed by atoms with Crippen molar-refractivity contribution >= 4 is 29.1 Å². The number of ether oxygens (including phenoxy) is 1. The van der Waals surface area contributed by atoms with Crippen molar-refractivity contribution in [1.29, 1.82) is 0 Å². The van der Waals surface area contributed by atoms with E-state index in [-0.39, 0.29) is 11.3 Å². The van der Waals surface area contributed by atoms with Gasteiger partial charge in [-0.3, -0.25) is 9.59 Å². The molecule has 1 N–H and O–H groups in total. The highest BCUT2D eigenvalue weighted by molar-refractivity contribution is 6.46. The van der Waals surface area contributed by atoms with Crippen LogP contribution in [-0.4, -0.2) is 60.4 Å². The standard InChI is InChI=1S/C25H29ClN2O4/c1-4-16-32-20-12-8-18(9-13-20)23(29)21-22(17-6-10-19(26)11-7-17)28(25(31)24(21)30)15-5-14-27(2)3/h6-13,22,29H,4-5,14-16H2,1-3H3/t22-/m1/s1. The highest BCUT2D eigenvalue weighted by atomic mass is 35.5. The Kier molecular flexibility index (Phi) is 7.94. The van der Waals surface area contributed by atoms with Crippen LogP contribution in [0.15, 0.2) is 54.1 Å². The number of rotatable bonds is 9. The van der Waals surface area contributed by atoms with Gasteiger partial charge in [-0.15, -0.1) is 0 Å². The monoisotopic (exact) mass is 456 g/mol. The largest absolute Gasteiger partial charge is 0.507 e. The average Bonchev–Trinajstić information content (AvgIpc) is 3.03. The number of hydrogen-bond donors (Lipinski definition) is 1. The SMILES string of the molecule is CCCOc1ccc(C(O)=C2C(=O)C(=O)N(CCCN(C)C)[C@@H]2c2ccc(Cl)cc2)cc1. The molecule has 3 rings (SSSR count). The summed E-state index contributed by atoms with van der Waals surface area (Å²) in [5, 5.41) is 11.7. The summed E-state index contributed by atoms with van der Waals surface area (Å²) in [5.41, 5.74) is 1.27. The summed E-state index contributed by atoms with van der Waals surface area (Å²) < 4.78 is 5.59. The molecular formula is C25H29ClN2O4. The zero-order valence-electron chi connectivity index (χ0n) is 18.7. The average molecular weight is 457 g/mol. The van der Waals surface area contributed by atoms with E-state index in [0.29, 0.717) is 35.9 Å². The third-order valence-corrected chi connectivity index (χ3v) is 5.58. The van der Waals surface area contributed by atoms with E-state index in [1.807, 2.05) is 25.9 Å². The maximum Gasteiger partial charge on any atom is 0.295 e. The summed E-state index contributed by atoms with van der Waals surface area (Å²) in [6.07, 6.45) is 1.59. The van der Waals surface area contributed by atoms with Crippen LogP contribution in [0.2, 0.25) is 5.02 Å². The first-order valence-electron chi connectivity index (χ1n) is 10.7. The lowest BCUT2D eigenvalue weighted by Gasteiger charge is -2.26. The number of aliphatic hydroxyl groups excluding tert-OH is 1. The molecular weight excluding hydrogens is 428 g/mol. The van der Waals surface area contributed by atoms with E-state index in [9.17, 15) is 14.7 Å². The van der Waals surface area contributed by atoms with Gasteiger partial charge in [-0.05, 0) is 75.4 Å². The molecule has 7 heteroatoms. The smallest absolute Gasteiger partial charge is 0.295 e. The van der Waals surface area contributed by atoms with Gasteiger partial charge in [0.15, 0.2) is 0 Å². The Morgan fingerprint density at radius 3 is 2.34 bits per heavy atom. The predicted molar refractivity (Wildman–Crippen MR) is 126 cm³/mol. The zero-order chi connectivity index (χ0) is 23.3. The number of benzene rings is 2. The molecule has 0 bridgehead atoms. The van der Waals surface area contributed by atoms with E-state index < -0.39 is 17.7 Å². The van der Waals surface area contributed by atoms with Crippen LogP contribution in [0.4, 0.5) is 0 Å². The molecule has 32 heavy (non-hydrogen) atoms. The summed E-state index contributed by atoms with van der Waals surface area (Å²) in [5.74, 6) is -0.797. The van der Waals surface area contributed by atoms with Crippen molar-refractivity contribution < 1.29 is 19.4 Å². The molecule has 0 unspecified atom stereocenters. The molecule has 170 valence electrons. The maximum absolute atomic E-state index is 13.0. The topological polar surface area (TPSA) is 70.1 Å². The van der Waals surface area contributed by atoms with E-state index in [2.05, 4.69) is 0 Å². The lowest BCUT2D eigenvalue weighted by molar-refractivity contribution is -0.139. The zero-order valence-corrected chi connectivity index (χ0v) is 19.4. The van der Waals surface area contributed by atoms with Crippen molar-refractivity contribution in [3.63, 3.8) is 0 Å². The van der Waals surface area contributed by atoms with E-state index >= 15 is 0 Å². The molecule has 1 amide bonds. The number of amides is 1. The molecule has 0 saturated carbocycles. The Hall–Kier alpha value is -2.83. The molecule has 1 aliphatic rings. The molecule has 0 aliphatic carbocycles. The number of halogens is 1. The molecule has 2 aromatic carbocycles. The fourth-order valence-electron chi connectivity index (χ4n) is 3.74. The molecule has 1 aliphatic heterocycles. The van der Waals surface area contributed by atoms with Crippen molar-refractivity contribution in [1.82, 2.24) is 9.80 Å². The van der Waals surface area contributed by atoms with Gasteiger partial charge in [-0.25, -0.2) is 0 Å². The molecule has 1 heterocycles. The number of likely N-dealkylation sites (tertiary alicyclic amines) is 1. The second kappa shape index (κ2) is 10.7. The summed E-state index contributed by atoms with van der Waals surface area (Å²) in [6.45, 7) is 3.79. The van der Waals surface area contributed by atoms with E-state index in [4.69, 9.17) is 16.3 Å². The van der Waals surface area contributed by atoms with Gasteiger partial charge in [0.05, 0.1) is 18.2 Å². The van der Waals surface area contributed by atoms with Crippen molar-refractivity contribution in [2.24, 2.45) is 0 Å². The third-order valence-electron chi connectivity index (χ3n) is 5.33. The first-order chi connectivity index (χ1) is 15.3. The van der Waals surface area contributed by atoms with Gasteiger partial charge in [0.25, 0.3) is 11.7 Å². The molecule has 0 spiro atoms. The van der Waals surface area contributed by atoms with E-state index in [0.717, 1.165) is 18.5 Å². The number of aliphatic hydroxyl groups is 1. The molecule has 1 saturated heterocycles. The van der Waals surface area contributed by atoms with Crippen LogP contribution in [0.3, 0.4) is 0 Å². The van der Waals surface area contributed by atoms with Crippen LogP contribution in [0, 0.1) is 0 Å². The molecule has 1 atom stereocenters. The molecule has 0 radical (unpaired) electrons. The normalized spacial score (nSPS) is 17.9. The lowest BCUT2D eigenvalue weighted by Crippen LogP contribution is -2.32. The van der Waals surface area contributed by atoms with E-state index in [1.165, 1.54) is 0 Å². The van der Waals surface area contributed by atoms with Crippen molar-refractivity contribution in [3.8, 4) is 5.75 Å². The minimum absolute atomic E-state index is 0.0874. The first kappa shape index (κ1) is 23.8. The Morgan fingerprint density at radius 2 is 1.75 bits per heavy atom. The number of Topliss-reactive ketones (excluding diaryl/α,β-unsaturated/α-hetero) is 1. The Morgan fingerprint density at radius 1 is 1.09 bits per heavy atom. The summed E-state index contributed by atoms with van der Waals surface area (Å²) in [6, 6.07) is 13.2. The van der Waals surface area contributed by atoms with Gasteiger partial charge in [-0.2, -0.15) is 0 Å². The highest BCUT2D eigenvalue weighted by Crippen LogP contribution is 2.39. The Balaban J connectivity index is 2.01. The van der Waals surface area contributed by atoms with E-state index in [1.54, 1.807) is 53.4 Å². The van der Waals surface area contributed by atoms with Gasteiger partial charge >= 0.3 is 0 Å². The summed E-state index contributed by atoms with van der Waals surface area (Å²) in [7, 11) is 3.91. The van der Waals surface area contributed by atoms with Crippen LogP contribution in [0.5, 0.6) is 5.75 Å². The van der Waals surface area contributed by atoms with Gasteiger partial charge in [0.2, 0.25) is 0 Å². The Labute approximate surface area is 194 Å². The molecule has 1 fully saturated rings. The van der Waals surface area contributed by atoms with Crippen molar-refractivity contribution in [2.75, 3.05) is 33.8 Å². The molecule has 6 nitrogen and oxygen atoms in total. The minimum Gasteiger partial charge on any atom is -0.507 e. The highest BCUT2D eigenvalue weighted by Gasteiger charge is 2.45. The van der Waals surface area contributed by atoms with Crippen LogP contribution in [0.1, 0.15) is 36.9 Å². The second-order valence-corrected chi connectivity index (χ2v) is 8.51. The van der Waals surface area contributed by atoms with Crippen LogP contribution < -0.4 is 4.74 Å². The van der Waals surface area contributed by atoms with Gasteiger partial charge in [0.1, 0.15) is 11.5 Å². The number of ketones is 1. The van der Waals surface area contributed by atoms with Crippen LogP contribution in [-0.2, 0) is 9.59 Å². The predicted octanol–water partition coefficient (Wildman–Crippen LogP) is 4.50. The second-order valence-electron chi connectivity index (χ2n) is 8.07. The van der Waals surface area contributed by atoms with Gasteiger partial charge < -0.3 is 19.6 Å². The van der Waals surface area contributed by atoms with Gasteiger partial charge in [0, 0.05) is 17.1 Å². The quantitative estimate of drug-likeness (QED) is 0.341. The minimum atomic E-state index is -0.682. The molecule has 2 aromatic rings. The Bertz CT molecular complexity index is 984.